The number of hydrogen-bond acceptors (Lipinski definition) is 3. The maximum absolute atomic E-state index is 12.4. The predicted molar refractivity (Wildman–Crippen MR) is 105 cm³/mol. The molecule has 5 nitrogen and oxygen atoms in total. The molecule has 134 valence electrons. The van der Waals surface area contributed by atoms with Crippen molar-refractivity contribution in [2.45, 2.75) is 32.9 Å². The fourth-order valence-electron chi connectivity index (χ4n) is 2.73. The van der Waals surface area contributed by atoms with Crippen LogP contribution >= 0.6 is 0 Å². The molecule has 0 aliphatic rings. The van der Waals surface area contributed by atoms with E-state index in [0.29, 0.717) is 6.54 Å². The van der Waals surface area contributed by atoms with Crippen LogP contribution < -0.4 is 10.6 Å². The summed E-state index contributed by atoms with van der Waals surface area (Å²) in [4.78, 5) is 12.4. The number of carbonyl (C=O) groups is 1. The summed E-state index contributed by atoms with van der Waals surface area (Å²) in [5.41, 5.74) is 4.11. The highest BCUT2D eigenvalue weighted by Crippen LogP contribution is 2.14. The molecule has 0 aliphatic carbocycles. The van der Waals surface area contributed by atoms with Crippen LogP contribution in [0, 0.1) is 0 Å². The molecule has 0 spiro atoms. The summed E-state index contributed by atoms with van der Waals surface area (Å²) in [6.45, 7) is 4.67. The van der Waals surface area contributed by atoms with Crippen LogP contribution in [-0.2, 0) is 17.8 Å². The van der Waals surface area contributed by atoms with Crippen molar-refractivity contribution in [3.63, 3.8) is 0 Å². The van der Waals surface area contributed by atoms with Gasteiger partial charge in [0.25, 0.3) is 0 Å². The minimum absolute atomic E-state index is 0.0632. The lowest BCUT2D eigenvalue weighted by Gasteiger charge is -2.16. The maximum Gasteiger partial charge on any atom is 0.246 e. The highest BCUT2D eigenvalue weighted by atomic mass is 16.2. The number of hydrogen-bond donors (Lipinski definition) is 2. The molecule has 0 fully saturated rings. The van der Waals surface area contributed by atoms with Gasteiger partial charge < -0.3 is 10.6 Å². The van der Waals surface area contributed by atoms with E-state index in [9.17, 15) is 4.79 Å². The highest BCUT2D eigenvalue weighted by Gasteiger charge is 2.13. The van der Waals surface area contributed by atoms with Crippen molar-refractivity contribution < 1.29 is 4.79 Å². The summed E-state index contributed by atoms with van der Waals surface area (Å²) in [5.74, 6) is -0.0632. The van der Waals surface area contributed by atoms with E-state index < -0.39 is 0 Å². The summed E-state index contributed by atoms with van der Waals surface area (Å²) >= 11 is 0. The Hall–Kier alpha value is -3.08. The highest BCUT2D eigenvalue weighted by molar-refractivity contribution is 5.96. The van der Waals surface area contributed by atoms with Crippen LogP contribution in [0.5, 0.6) is 0 Å². The van der Waals surface area contributed by atoms with Crippen molar-refractivity contribution in [2.24, 2.45) is 0 Å². The third-order valence-corrected chi connectivity index (χ3v) is 4.24. The van der Waals surface area contributed by atoms with E-state index in [2.05, 4.69) is 22.7 Å². The third kappa shape index (κ3) is 4.72. The average Bonchev–Trinajstić information content (AvgIpc) is 3.15. The Kier molecular flexibility index (Phi) is 5.69. The SMILES string of the molecule is CCc1ccc(NC(=O)C(C)Nc2cccc(Cn3cccn3)c2)cc1. The van der Waals surface area contributed by atoms with Gasteiger partial charge in [0.2, 0.25) is 5.91 Å². The van der Waals surface area contributed by atoms with Crippen LogP contribution in [0.2, 0.25) is 0 Å². The molecule has 3 aromatic rings. The van der Waals surface area contributed by atoms with Crippen LogP contribution in [0.3, 0.4) is 0 Å². The summed E-state index contributed by atoms with van der Waals surface area (Å²) in [6.07, 6.45) is 4.68. The van der Waals surface area contributed by atoms with Gasteiger partial charge in [-0.2, -0.15) is 5.10 Å². The number of amides is 1. The van der Waals surface area contributed by atoms with Crippen LogP contribution in [0.4, 0.5) is 11.4 Å². The Morgan fingerprint density at radius 3 is 2.58 bits per heavy atom. The topological polar surface area (TPSA) is 59.0 Å². The van der Waals surface area contributed by atoms with Crippen LogP contribution in [0.15, 0.2) is 67.0 Å². The van der Waals surface area contributed by atoms with Gasteiger partial charge in [0.15, 0.2) is 0 Å². The molecule has 1 aromatic heterocycles. The van der Waals surface area contributed by atoms with Gasteiger partial charge in [-0.15, -0.1) is 0 Å². The van der Waals surface area contributed by atoms with Gasteiger partial charge >= 0.3 is 0 Å². The lowest BCUT2D eigenvalue weighted by Crippen LogP contribution is -2.31. The molecule has 1 amide bonds. The lowest BCUT2D eigenvalue weighted by molar-refractivity contribution is -0.116. The van der Waals surface area contributed by atoms with E-state index in [1.54, 1.807) is 6.20 Å². The number of aryl methyl sites for hydroxylation is 1. The van der Waals surface area contributed by atoms with Gasteiger partial charge in [-0.05, 0) is 54.8 Å². The molecule has 5 heteroatoms. The van der Waals surface area contributed by atoms with Gasteiger partial charge in [-0.1, -0.05) is 31.2 Å². The van der Waals surface area contributed by atoms with Crippen LogP contribution in [0.25, 0.3) is 0 Å². The molecular weight excluding hydrogens is 324 g/mol. The minimum atomic E-state index is -0.346. The maximum atomic E-state index is 12.4. The van der Waals surface area contributed by atoms with Crippen molar-refractivity contribution in [2.75, 3.05) is 10.6 Å². The zero-order valence-electron chi connectivity index (χ0n) is 15.1. The van der Waals surface area contributed by atoms with Gasteiger partial charge in [0, 0.05) is 23.8 Å². The number of nitrogens with one attached hydrogen (secondary N) is 2. The number of anilines is 2. The zero-order valence-corrected chi connectivity index (χ0v) is 15.1. The molecule has 1 atom stereocenters. The van der Waals surface area contributed by atoms with Crippen molar-refractivity contribution >= 4 is 17.3 Å². The Balaban J connectivity index is 1.59. The van der Waals surface area contributed by atoms with E-state index in [0.717, 1.165) is 23.4 Å². The second kappa shape index (κ2) is 8.34. The van der Waals surface area contributed by atoms with Crippen molar-refractivity contribution in [3.05, 3.63) is 78.1 Å². The van der Waals surface area contributed by atoms with Crippen LogP contribution in [0.1, 0.15) is 25.0 Å². The molecule has 0 bridgehead atoms. The second-order valence-corrected chi connectivity index (χ2v) is 6.31. The molecule has 3 rings (SSSR count). The first kappa shape index (κ1) is 17.7. The van der Waals surface area contributed by atoms with E-state index in [1.165, 1.54) is 5.56 Å². The fourth-order valence-corrected chi connectivity index (χ4v) is 2.73. The molecule has 1 heterocycles. The first-order valence-electron chi connectivity index (χ1n) is 8.87. The summed E-state index contributed by atoms with van der Waals surface area (Å²) in [5, 5.41) is 10.4. The second-order valence-electron chi connectivity index (χ2n) is 6.31. The summed E-state index contributed by atoms with van der Waals surface area (Å²) in [7, 11) is 0. The smallest absolute Gasteiger partial charge is 0.246 e. The quantitative estimate of drug-likeness (QED) is 0.680. The largest absolute Gasteiger partial charge is 0.374 e. The zero-order chi connectivity index (χ0) is 18.4. The van der Waals surface area contributed by atoms with Crippen molar-refractivity contribution in [1.82, 2.24) is 9.78 Å². The van der Waals surface area contributed by atoms with Gasteiger partial charge in [0.05, 0.1) is 6.54 Å². The lowest BCUT2D eigenvalue weighted by atomic mass is 10.1. The molecule has 0 radical (unpaired) electrons. The molecule has 0 saturated heterocycles. The van der Waals surface area contributed by atoms with E-state index >= 15 is 0 Å². The number of rotatable bonds is 7. The van der Waals surface area contributed by atoms with Crippen molar-refractivity contribution in [3.8, 4) is 0 Å². The Morgan fingerprint density at radius 2 is 1.88 bits per heavy atom. The fraction of sp³-hybridized carbons (Fsp3) is 0.238. The van der Waals surface area contributed by atoms with Gasteiger partial charge in [0.1, 0.15) is 6.04 Å². The number of aromatic nitrogens is 2. The van der Waals surface area contributed by atoms with Crippen LogP contribution in [-0.4, -0.2) is 21.7 Å². The van der Waals surface area contributed by atoms with E-state index in [4.69, 9.17) is 0 Å². The Morgan fingerprint density at radius 1 is 1.08 bits per heavy atom. The standard InChI is InChI=1S/C21H24N4O/c1-3-17-8-10-19(11-9-17)24-21(26)16(2)23-20-7-4-6-18(14-20)15-25-13-5-12-22-25/h4-14,16,23H,3,15H2,1-2H3,(H,24,26). The van der Waals surface area contributed by atoms with Crippen molar-refractivity contribution in [1.29, 1.82) is 0 Å². The normalized spacial score (nSPS) is 11.8. The molecule has 2 aromatic carbocycles. The van der Waals surface area contributed by atoms with E-state index in [-0.39, 0.29) is 11.9 Å². The monoisotopic (exact) mass is 348 g/mol. The summed E-state index contributed by atoms with van der Waals surface area (Å²) < 4.78 is 1.87. The third-order valence-electron chi connectivity index (χ3n) is 4.24. The van der Waals surface area contributed by atoms with Gasteiger partial charge in [-0.25, -0.2) is 0 Å². The minimum Gasteiger partial charge on any atom is -0.374 e. The average molecular weight is 348 g/mol. The predicted octanol–water partition coefficient (Wildman–Crippen LogP) is 3.93. The van der Waals surface area contributed by atoms with E-state index in [1.807, 2.05) is 72.4 Å². The Bertz CT molecular complexity index is 841. The molecular formula is C21H24N4O. The Labute approximate surface area is 154 Å². The first-order chi connectivity index (χ1) is 12.6. The molecule has 26 heavy (non-hydrogen) atoms. The van der Waals surface area contributed by atoms with Gasteiger partial charge in [-0.3, -0.25) is 9.48 Å². The number of benzene rings is 2. The molecule has 0 aliphatic heterocycles. The molecule has 0 saturated carbocycles. The summed E-state index contributed by atoms with van der Waals surface area (Å²) in [6, 6.07) is 17.5. The molecule has 1 unspecified atom stereocenters. The number of carbonyl (C=O) groups excluding carboxylic acids is 1. The first-order valence-corrected chi connectivity index (χ1v) is 8.87. The molecule has 2 N–H and O–H groups in total. The number of nitrogens with zero attached hydrogens (tertiary/aromatic N) is 2.